The summed E-state index contributed by atoms with van der Waals surface area (Å²) in [5, 5.41) is 3.93. The molecule has 0 bridgehead atoms. The molecule has 11 aromatic rings. The Bertz CT molecular complexity index is 4020. The number of hydrogen-bond acceptors (Lipinski definition) is 4. The molecule has 0 amide bonds. The summed E-state index contributed by atoms with van der Waals surface area (Å²) >= 11 is 0. The van der Waals surface area contributed by atoms with Gasteiger partial charge in [0.2, 0.25) is 0 Å². The van der Waals surface area contributed by atoms with Crippen LogP contribution in [0.1, 0.15) is 0 Å². The van der Waals surface area contributed by atoms with Crippen LogP contribution >= 0.6 is 0 Å². The minimum Gasteiger partial charge on any atom is -0.456 e. The van der Waals surface area contributed by atoms with E-state index in [2.05, 4.69) is 53.1 Å². The van der Waals surface area contributed by atoms with E-state index in [1.54, 1.807) is 0 Å². The van der Waals surface area contributed by atoms with E-state index in [1.807, 2.05) is 60.7 Å². The molecule has 0 saturated carbocycles. The topological polar surface area (TPSA) is 56.7 Å². The summed E-state index contributed by atoms with van der Waals surface area (Å²) in [6, 6.07) is 36.8. The van der Waals surface area contributed by atoms with Gasteiger partial charge in [-0.25, -0.2) is 15.0 Å². The number of benzene rings is 8. The van der Waals surface area contributed by atoms with Gasteiger partial charge >= 0.3 is 0 Å². The summed E-state index contributed by atoms with van der Waals surface area (Å²) in [4.78, 5) is 14.6. The van der Waals surface area contributed by atoms with Gasteiger partial charge in [0.1, 0.15) is 121 Å². The second-order valence-electron chi connectivity index (χ2n) is 17.0. The molecule has 290 valence electrons. The number of rotatable bonds is 6. The molecule has 3 heterocycles. The van der Waals surface area contributed by atoms with E-state index in [9.17, 15) is 0 Å². The number of fused-ring (bicyclic) bond motifs is 6. The first kappa shape index (κ1) is 45.7. The van der Waals surface area contributed by atoms with E-state index in [0.717, 1.165) is 49.4 Å². The molecule has 19 heteroatoms. The average molecular weight is 854 g/mol. The maximum absolute atomic E-state index is 7.02. The van der Waals surface area contributed by atoms with Crippen molar-refractivity contribution >= 4 is 230 Å². The fraction of sp³-hybridized carbons (Fsp3) is 0. The standard InChI is InChI=1S/C51H18B14N4O/c52-35-31(32-37(54)43(60)47(64)44(61)38(32)55)36(53)42(59)39(56)33(35)50-66-49(67-51(68-50)34-40(57)45(62)48(65)46(63)41(34)58)21-14-16-24-29(18-21)70-28-12-6-11-26(30(24)28)69-25-10-5-4-9-22(25)23-15-13-20(17-27(23)69)19-7-2-1-3-8-19/h1-18H. The van der Waals surface area contributed by atoms with Gasteiger partial charge in [0.25, 0.3) is 0 Å². The Kier molecular flexibility index (Phi) is 11.1. The first-order chi connectivity index (χ1) is 33.6. The number of furan rings is 1. The Morgan fingerprint density at radius 3 is 1.41 bits per heavy atom. The van der Waals surface area contributed by atoms with Crippen LogP contribution in [0.3, 0.4) is 0 Å². The fourth-order valence-corrected chi connectivity index (χ4v) is 9.45. The smallest absolute Gasteiger partial charge is 0.164 e. The molecular formula is C51H18B14N4O. The predicted octanol–water partition coefficient (Wildman–Crippen LogP) is -3.68. The molecule has 28 radical (unpaired) electrons. The van der Waals surface area contributed by atoms with Gasteiger partial charge in [-0.2, -0.15) is 0 Å². The van der Waals surface area contributed by atoms with Crippen LogP contribution in [0.2, 0.25) is 0 Å². The van der Waals surface area contributed by atoms with Crippen LogP contribution in [0.5, 0.6) is 0 Å². The van der Waals surface area contributed by atoms with Crippen molar-refractivity contribution in [2.75, 3.05) is 0 Å². The third-order valence-corrected chi connectivity index (χ3v) is 13.1. The minimum atomic E-state index is -0.102. The molecule has 0 atom stereocenters. The van der Waals surface area contributed by atoms with Crippen LogP contribution in [0.25, 0.3) is 106 Å². The Labute approximate surface area is 422 Å². The van der Waals surface area contributed by atoms with Crippen LogP contribution in [0.4, 0.5) is 0 Å². The largest absolute Gasteiger partial charge is 0.456 e. The van der Waals surface area contributed by atoms with Crippen LogP contribution in [0.15, 0.2) is 114 Å². The van der Waals surface area contributed by atoms with Gasteiger partial charge in [-0.15, -0.1) is 38.2 Å². The second-order valence-corrected chi connectivity index (χ2v) is 17.0. The zero-order valence-corrected chi connectivity index (χ0v) is 37.2. The van der Waals surface area contributed by atoms with Crippen molar-refractivity contribution in [1.29, 1.82) is 0 Å². The molecular weight excluding hydrogens is 836 g/mol. The van der Waals surface area contributed by atoms with E-state index in [4.69, 9.17) is 129 Å². The van der Waals surface area contributed by atoms with Crippen molar-refractivity contribution in [2.45, 2.75) is 0 Å². The zero-order chi connectivity index (χ0) is 49.2. The summed E-state index contributed by atoms with van der Waals surface area (Å²) in [5.41, 5.74) is 6.29. The lowest BCUT2D eigenvalue weighted by Gasteiger charge is -2.28. The molecule has 0 aliphatic carbocycles. The SMILES string of the molecule is [B]c1c([B])c([B])c(-c2nc(-c3ccc4c(c3)oc3cccc(-n5c6ccccc6c6ccc(-c7ccccc7)cc65)c34)nc(-c3c([B])c([B])c([B])c(-c4c([B])c([B])c([B])c([B])c4[B])c3[B])n2)c([B])c1[B]. The molecule has 5 nitrogen and oxygen atoms in total. The summed E-state index contributed by atoms with van der Waals surface area (Å²) in [5.74, 6) is -0.0724. The Morgan fingerprint density at radius 1 is 0.314 bits per heavy atom. The lowest BCUT2D eigenvalue weighted by molar-refractivity contribution is 0.669. The molecule has 0 spiro atoms. The van der Waals surface area contributed by atoms with Crippen molar-refractivity contribution in [3.8, 4) is 62.1 Å². The lowest BCUT2D eigenvalue weighted by atomic mass is 9.56. The van der Waals surface area contributed by atoms with E-state index in [-0.39, 0.29) is 116 Å². The normalized spacial score (nSPS) is 11.7. The number of para-hydroxylation sites is 1. The number of nitrogens with zero attached hydrogens (tertiary/aromatic N) is 4. The van der Waals surface area contributed by atoms with Gasteiger partial charge in [0, 0.05) is 32.8 Å². The molecule has 70 heavy (non-hydrogen) atoms. The molecule has 0 aliphatic rings. The average Bonchev–Trinajstić information content (AvgIpc) is 3.92. The summed E-state index contributed by atoms with van der Waals surface area (Å²) in [7, 11) is 91.0. The van der Waals surface area contributed by atoms with E-state index in [1.165, 1.54) is 0 Å². The third kappa shape index (κ3) is 6.85. The quantitative estimate of drug-likeness (QED) is 0.162. The van der Waals surface area contributed by atoms with Crippen LogP contribution in [-0.4, -0.2) is 129 Å². The summed E-state index contributed by atoms with van der Waals surface area (Å²) in [6.07, 6.45) is 0. The molecule has 3 aromatic heterocycles. The monoisotopic (exact) mass is 856 g/mol. The van der Waals surface area contributed by atoms with Crippen LogP contribution in [-0.2, 0) is 0 Å². The van der Waals surface area contributed by atoms with Gasteiger partial charge in [-0.3, -0.25) is 0 Å². The molecule has 11 rings (SSSR count). The molecule has 0 N–H and O–H groups in total. The van der Waals surface area contributed by atoms with Gasteiger partial charge in [0.05, 0.1) is 22.1 Å². The number of aromatic nitrogens is 4. The lowest BCUT2D eigenvalue weighted by Crippen LogP contribution is -2.57. The van der Waals surface area contributed by atoms with Crippen molar-refractivity contribution in [3.63, 3.8) is 0 Å². The molecule has 0 unspecified atom stereocenters. The van der Waals surface area contributed by atoms with Crippen molar-refractivity contribution in [3.05, 3.63) is 109 Å². The minimum absolute atomic E-state index is 0.0119. The highest BCUT2D eigenvalue weighted by Gasteiger charge is 2.25. The van der Waals surface area contributed by atoms with Crippen molar-refractivity contribution < 1.29 is 4.42 Å². The Hall–Kier alpha value is -6.72. The zero-order valence-electron chi connectivity index (χ0n) is 37.2. The van der Waals surface area contributed by atoms with Crippen molar-refractivity contribution in [1.82, 2.24) is 19.5 Å². The molecule has 0 saturated heterocycles. The summed E-state index contributed by atoms with van der Waals surface area (Å²) in [6.45, 7) is 0. The van der Waals surface area contributed by atoms with Gasteiger partial charge < -0.3 is 8.98 Å². The van der Waals surface area contributed by atoms with Gasteiger partial charge in [-0.05, 0) is 58.7 Å². The first-order valence-electron chi connectivity index (χ1n) is 21.7. The highest BCUT2D eigenvalue weighted by Crippen LogP contribution is 2.40. The summed E-state index contributed by atoms with van der Waals surface area (Å²) < 4.78 is 8.95. The Balaban J connectivity index is 1.15. The Morgan fingerprint density at radius 2 is 0.786 bits per heavy atom. The van der Waals surface area contributed by atoms with Crippen LogP contribution in [0, 0.1) is 0 Å². The van der Waals surface area contributed by atoms with Crippen molar-refractivity contribution in [2.24, 2.45) is 0 Å². The number of hydrogen-bond donors (Lipinski definition) is 0. The fourth-order valence-electron chi connectivity index (χ4n) is 9.45. The van der Waals surface area contributed by atoms with E-state index in [0.29, 0.717) is 16.7 Å². The third-order valence-electron chi connectivity index (χ3n) is 13.1. The molecule has 8 aromatic carbocycles. The van der Waals surface area contributed by atoms with E-state index < -0.39 is 0 Å². The highest BCUT2D eigenvalue weighted by molar-refractivity contribution is 6.71. The second kappa shape index (κ2) is 17.0. The maximum atomic E-state index is 7.02. The van der Waals surface area contributed by atoms with Gasteiger partial charge in [-0.1, -0.05) is 111 Å². The van der Waals surface area contributed by atoms with Gasteiger partial charge in [0.15, 0.2) is 17.5 Å². The maximum Gasteiger partial charge on any atom is 0.164 e. The predicted molar refractivity (Wildman–Crippen MR) is 304 cm³/mol. The van der Waals surface area contributed by atoms with E-state index >= 15 is 0 Å². The van der Waals surface area contributed by atoms with Crippen LogP contribution < -0.4 is 76.5 Å². The molecule has 0 aliphatic heterocycles. The molecule has 0 fully saturated rings. The highest BCUT2D eigenvalue weighted by atomic mass is 16.3. The first-order valence-corrected chi connectivity index (χ1v) is 21.7.